The first-order chi connectivity index (χ1) is 7.99. The van der Waals surface area contributed by atoms with Gasteiger partial charge >= 0.3 is 0 Å². The fraction of sp³-hybridized carbons (Fsp3) is 0.923. The van der Waals surface area contributed by atoms with Crippen LogP contribution >= 0.6 is 0 Å². The summed E-state index contributed by atoms with van der Waals surface area (Å²) in [6.07, 6.45) is 3.94. The van der Waals surface area contributed by atoms with Crippen molar-refractivity contribution in [3.8, 4) is 0 Å². The summed E-state index contributed by atoms with van der Waals surface area (Å²) in [5.41, 5.74) is -0.487. The minimum atomic E-state index is -0.772. The molecule has 2 aliphatic rings. The lowest BCUT2D eigenvalue weighted by Gasteiger charge is -2.24. The van der Waals surface area contributed by atoms with Crippen LogP contribution in [0.25, 0.3) is 0 Å². The van der Waals surface area contributed by atoms with Crippen LogP contribution in [0.5, 0.6) is 0 Å². The van der Waals surface area contributed by atoms with Crippen molar-refractivity contribution in [2.24, 2.45) is 11.3 Å². The maximum Gasteiger partial charge on any atom is 0.223 e. The van der Waals surface area contributed by atoms with Gasteiger partial charge in [-0.1, -0.05) is 6.92 Å². The van der Waals surface area contributed by atoms with Crippen LogP contribution in [0, 0.1) is 11.3 Å². The van der Waals surface area contributed by atoms with Crippen molar-refractivity contribution in [1.82, 2.24) is 10.6 Å². The van der Waals surface area contributed by atoms with Gasteiger partial charge in [-0.3, -0.25) is 4.79 Å². The molecule has 4 nitrogen and oxygen atoms in total. The molecule has 0 bridgehead atoms. The summed E-state index contributed by atoms with van der Waals surface area (Å²) in [7, 11) is 0. The molecule has 1 saturated heterocycles. The van der Waals surface area contributed by atoms with Crippen LogP contribution in [-0.2, 0) is 4.79 Å². The highest BCUT2D eigenvalue weighted by Crippen LogP contribution is 2.58. The second-order valence-electron chi connectivity index (χ2n) is 5.94. The van der Waals surface area contributed by atoms with Gasteiger partial charge in [0.05, 0.1) is 5.60 Å². The molecule has 4 heteroatoms. The number of hydrogen-bond donors (Lipinski definition) is 3. The molecule has 1 spiro atoms. The normalized spacial score (nSPS) is 29.7. The Hall–Kier alpha value is -0.610. The van der Waals surface area contributed by atoms with Gasteiger partial charge in [0, 0.05) is 12.5 Å². The molecule has 1 aliphatic carbocycles. The van der Waals surface area contributed by atoms with E-state index in [2.05, 4.69) is 10.6 Å². The van der Waals surface area contributed by atoms with Gasteiger partial charge in [-0.05, 0) is 51.1 Å². The predicted octanol–water partition coefficient (Wildman–Crippen LogP) is 0.653. The Morgan fingerprint density at radius 1 is 1.53 bits per heavy atom. The van der Waals surface area contributed by atoms with E-state index in [1.54, 1.807) is 6.92 Å². The molecule has 98 valence electrons. The summed E-state index contributed by atoms with van der Waals surface area (Å²) >= 11 is 0. The van der Waals surface area contributed by atoms with Crippen LogP contribution < -0.4 is 10.6 Å². The Bertz CT molecular complexity index is 296. The second kappa shape index (κ2) is 4.58. The second-order valence-corrected chi connectivity index (χ2v) is 5.94. The zero-order valence-electron chi connectivity index (χ0n) is 10.9. The summed E-state index contributed by atoms with van der Waals surface area (Å²) in [5, 5.41) is 16.1. The van der Waals surface area contributed by atoms with E-state index in [4.69, 9.17) is 0 Å². The molecule has 2 fully saturated rings. The first-order valence-electron chi connectivity index (χ1n) is 6.70. The average Bonchev–Trinajstić information content (AvgIpc) is 3.01. The van der Waals surface area contributed by atoms with E-state index >= 15 is 0 Å². The molecule has 1 amide bonds. The van der Waals surface area contributed by atoms with Gasteiger partial charge in [-0.2, -0.15) is 0 Å². The van der Waals surface area contributed by atoms with Crippen molar-refractivity contribution in [1.29, 1.82) is 0 Å². The predicted molar refractivity (Wildman–Crippen MR) is 66.6 cm³/mol. The molecule has 3 N–H and O–H groups in total. The lowest BCUT2D eigenvalue weighted by molar-refractivity contribution is -0.124. The number of nitrogens with one attached hydrogen (secondary N) is 2. The van der Waals surface area contributed by atoms with Crippen LogP contribution in [0.4, 0.5) is 0 Å². The number of hydrogen-bond acceptors (Lipinski definition) is 3. The molecule has 1 saturated carbocycles. The van der Waals surface area contributed by atoms with Crippen molar-refractivity contribution in [2.45, 2.75) is 45.1 Å². The zero-order chi connectivity index (χ0) is 12.5. The van der Waals surface area contributed by atoms with Gasteiger partial charge < -0.3 is 15.7 Å². The molecule has 1 heterocycles. The monoisotopic (exact) mass is 240 g/mol. The standard InChI is InChI=1S/C13H24N2O2/c1-3-12(2,17)9-15-11(16)10-8-13(10)4-6-14-7-5-13/h10,14,17H,3-9H2,1-2H3,(H,15,16). The topological polar surface area (TPSA) is 61.4 Å². The van der Waals surface area contributed by atoms with Gasteiger partial charge in [0.1, 0.15) is 0 Å². The zero-order valence-corrected chi connectivity index (χ0v) is 10.9. The molecule has 0 radical (unpaired) electrons. The number of piperidine rings is 1. The molecule has 0 aromatic carbocycles. The smallest absolute Gasteiger partial charge is 0.223 e. The molecule has 1 aliphatic heterocycles. The highest BCUT2D eigenvalue weighted by Gasteiger charge is 2.57. The quantitative estimate of drug-likeness (QED) is 0.676. The molecular weight excluding hydrogens is 216 g/mol. The maximum atomic E-state index is 12.0. The van der Waals surface area contributed by atoms with Gasteiger partial charge in [0.15, 0.2) is 0 Å². The van der Waals surface area contributed by atoms with E-state index in [0.717, 1.165) is 32.4 Å². The molecule has 0 aromatic heterocycles. The van der Waals surface area contributed by atoms with Crippen molar-refractivity contribution in [2.75, 3.05) is 19.6 Å². The van der Waals surface area contributed by atoms with Crippen LogP contribution in [0.3, 0.4) is 0 Å². The third-order valence-corrected chi connectivity index (χ3v) is 4.51. The maximum absolute atomic E-state index is 12.0. The van der Waals surface area contributed by atoms with Crippen molar-refractivity contribution < 1.29 is 9.90 Å². The lowest BCUT2D eigenvalue weighted by Crippen LogP contribution is -2.41. The van der Waals surface area contributed by atoms with E-state index in [1.807, 2.05) is 6.92 Å². The SMILES string of the molecule is CCC(C)(O)CNC(=O)C1CC12CCNCC2. The third-order valence-electron chi connectivity index (χ3n) is 4.51. The summed E-state index contributed by atoms with van der Waals surface area (Å²) in [5.74, 6) is 0.331. The minimum absolute atomic E-state index is 0.139. The van der Waals surface area contributed by atoms with E-state index < -0.39 is 5.60 Å². The summed E-state index contributed by atoms with van der Waals surface area (Å²) < 4.78 is 0. The number of carbonyl (C=O) groups excluding carboxylic acids is 1. The molecule has 2 rings (SSSR count). The van der Waals surface area contributed by atoms with Gasteiger partial charge in [-0.15, -0.1) is 0 Å². The van der Waals surface area contributed by atoms with Crippen LogP contribution in [-0.4, -0.2) is 36.2 Å². The Morgan fingerprint density at radius 3 is 2.76 bits per heavy atom. The van der Waals surface area contributed by atoms with Gasteiger partial charge in [0.25, 0.3) is 0 Å². The molecule has 2 unspecified atom stereocenters. The van der Waals surface area contributed by atoms with Crippen LogP contribution in [0.2, 0.25) is 0 Å². The number of aliphatic hydroxyl groups is 1. The Morgan fingerprint density at radius 2 is 2.18 bits per heavy atom. The van der Waals surface area contributed by atoms with Crippen molar-refractivity contribution >= 4 is 5.91 Å². The average molecular weight is 240 g/mol. The van der Waals surface area contributed by atoms with E-state index in [0.29, 0.717) is 13.0 Å². The first-order valence-corrected chi connectivity index (χ1v) is 6.70. The largest absolute Gasteiger partial charge is 0.388 e. The first kappa shape index (κ1) is 12.8. The molecule has 2 atom stereocenters. The minimum Gasteiger partial charge on any atom is -0.388 e. The van der Waals surface area contributed by atoms with Gasteiger partial charge in [0.2, 0.25) is 5.91 Å². The fourth-order valence-electron chi connectivity index (χ4n) is 2.72. The molecule has 0 aromatic rings. The number of amides is 1. The summed E-state index contributed by atoms with van der Waals surface area (Å²) in [6.45, 7) is 6.14. The molecular formula is C13H24N2O2. The van der Waals surface area contributed by atoms with Crippen LogP contribution in [0.1, 0.15) is 39.5 Å². The van der Waals surface area contributed by atoms with E-state index in [9.17, 15) is 9.90 Å². The Kier molecular flexibility index (Phi) is 3.46. The van der Waals surface area contributed by atoms with Gasteiger partial charge in [-0.25, -0.2) is 0 Å². The van der Waals surface area contributed by atoms with Crippen LogP contribution in [0.15, 0.2) is 0 Å². The van der Waals surface area contributed by atoms with E-state index in [1.165, 1.54) is 0 Å². The number of carbonyl (C=O) groups is 1. The summed E-state index contributed by atoms with van der Waals surface area (Å²) in [6, 6.07) is 0. The Labute approximate surface area is 103 Å². The lowest BCUT2D eigenvalue weighted by atomic mass is 9.91. The van der Waals surface area contributed by atoms with Crippen molar-refractivity contribution in [3.63, 3.8) is 0 Å². The fourth-order valence-corrected chi connectivity index (χ4v) is 2.72. The highest BCUT2D eigenvalue weighted by atomic mass is 16.3. The molecule has 17 heavy (non-hydrogen) atoms. The third kappa shape index (κ3) is 2.80. The Balaban J connectivity index is 1.79. The summed E-state index contributed by atoms with van der Waals surface area (Å²) in [4.78, 5) is 12.0. The van der Waals surface area contributed by atoms with E-state index in [-0.39, 0.29) is 17.2 Å². The highest BCUT2D eigenvalue weighted by molar-refractivity contribution is 5.82. The number of rotatable bonds is 4. The van der Waals surface area contributed by atoms with Crippen molar-refractivity contribution in [3.05, 3.63) is 0 Å².